The highest BCUT2D eigenvalue weighted by Gasteiger charge is 2.47. The zero-order valence-corrected chi connectivity index (χ0v) is 22.1. The van der Waals surface area contributed by atoms with Crippen molar-refractivity contribution in [3.63, 3.8) is 0 Å². The van der Waals surface area contributed by atoms with Gasteiger partial charge >= 0.3 is 12.1 Å². The quantitative estimate of drug-likeness (QED) is 0.250. The maximum atomic E-state index is 14.3. The van der Waals surface area contributed by atoms with Crippen molar-refractivity contribution in [2.75, 3.05) is 18.5 Å². The van der Waals surface area contributed by atoms with E-state index >= 15 is 0 Å². The Balaban J connectivity index is 1.75. The fourth-order valence-corrected chi connectivity index (χ4v) is 5.87. The standard InChI is InChI=1S/C27H23F4N3O5S/c1-15(27(29,30)31)32-13-34(33-10-9-21(36)25(24(33)26(32)37)39-14-38-16(2)35)23-19-8-7-18(28)11-17(19)12-40-22-6-4-3-5-20(22)23/h3-11,15,23H,12-14H2,1-2H3/t15-,23+/m1/s1. The number of halogens is 4. The van der Waals surface area contributed by atoms with Crippen LogP contribution >= 0.6 is 11.8 Å². The molecule has 3 aromatic rings. The molecule has 1 aromatic heterocycles. The molecule has 13 heteroatoms. The predicted octanol–water partition coefficient (Wildman–Crippen LogP) is 4.58. The number of fused-ring (bicyclic) bond motifs is 3. The molecule has 0 saturated carbocycles. The van der Waals surface area contributed by atoms with Crippen LogP contribution in [0.25, 0.3) is 0 Å². The van der Waals surface area contributed by atoms with Gasteiger partial charge in [-0.3, -0.25) is 24.1 Å². The Morgan fingerprint density at radius 3 is 2.60 bits per heavy atom. The third-order valence-electron chi connectivity index (χ3n) is 6.77. The number of hydrogen-bond acceptors (Lipinski definition) is 7. The number of alkyl halides is 3. The van der Waals surface area contributed by atoms with Crippen LogP contribution in [0.5, 0.6) is 5.75 Å². The van der Waals surface area contributed by atoms with Gasteiger partial charge < -0.3 is 14.4 Å². The first-order valence-corrected chi connectivity index (χ1v) is 13.1. The van der Waals surface area contributed by atoms with E-state index in [0.717, 1.165) is 30.4 Å². The van der Waals surface area contributed by atoms with Crippen LogP contribution in [0.3, 0.4) is 0 Å². The summed E-state index contributed by atoms with van der Waals surface area (Å²) >= 11 is 1.45. The van der Waals surface area contributed by atoms with Gasteiger partial charge in [-0.15, -0.1) is 11.8 Å². The largest absolute Gasteiger partial charge is 0.451 e. The lowest BCUT2D eigenvalue weighted by Crippen LogP contribution is -2.60. The zero-order chi connectivity index (χ0) is 28.8. The van der Waals surface area contributed by atoms with Crippen LogP contribution in [0.15, 0.2) is 64.4 Å². The van der Waals surface area contributed by atoms with Crippen LogP contribution in [-0.2, 0) is 15.3 Å². The number of amides is 1. The van der Waals surface area contributed by atoms with E-state index in [-0.39, 0.29) is 0 Å². The molecule has 0 aliphatic carbocycles. The molecule has 5 rings (SSSR count). The van der Waals surface area contributed by atoms with Crippen LogP contribution in [0, 0.1) is 5.82 Å². The average Bonchev–Trinajstić information content (AvgIpc) is 3.05. The van der Waals surface area contributed by atoms with Crippen molar-refractivity contribution >= 4 is 23.6 Å². The second-order valence-corrected chi connectivity index (χ2v) is 10.3. The smallest absolute Gasteiger partial charge is 0.408 e. The molecule has 0 unspecified atom stereocenters. The van der Waals surface area contributed by atoms with E-state index in [0.29, 0.717) is 21.8 Å². The monoisotopic (exact) mass is 577 g/mol. The lowest BCUT2D eigenvalue weighted by Gasteiger charge is -2.46. The van der Waals surface area contributed by atoms with Crippen LogP contribution in [-0.4, -0.2) is 47.1 Å². The molecule has 8 nitrogen and oxygen atoms in total. The van der Waals surface area contributed by atoms with Gasteiger partial charge in [0.25, 0.3) is 5.91 Å². The van der Waals surface area contributed by atoms with E-state index in [9.17, 15) is 31.9 Å². The first-order chi connectivity index (χ1) is 19.0. The lowest BCUT2D eigenvalue weighted by atomic mass is 9.94. The summed E-state index contributed by atoms with van der Waals surface area (Å²) in [5.74, 6) is -2.43. The number of ether oxygens (including phenoxy) is 2. The van der Waals surface area contributed by atoms with Crippen molar-refractivity contribution in [2.45, 2.75) is 42.8 Å². The normalized spacial score (nSPS) is 17.4. The third kappa shape index (κ3) is 5.01. The molecule has 0 saturated heterocycles. The summed E-state index contributed by atoms with van der Waals surface area (Å²) in [5.41, 5.74) is 0.735. The molecule has 40 heavy (non-hydrogen) atoms. The summed E-state index contributed by atoms with van der Waals surface area (Å²) < 4.78 is 67.7. The molecular weight excluding hydrogens is 554 g/mol. The minimum atomic E-state index is -4.78. The number of aromatic nitrogens is 1. The highest BCUT2D eigenvalue weighted by Crippen LogP contribution is 2.43. The van der Waals surface area contributed by atoms with Gasteiger partial charge in [-0.2, -0.15) is 13.2 Å². The number of rotatable bonds is 5. The SMILES string of the molecule is CC(=O)OCOc1c2n(ccc1=O)N([C@H]1c3ccc(F)cc3CSc3ccccc31)CN([C@H](C)C(F)(F)F)C2=O. The molecule has 1 amide bonds. The van der Waals surface area contributed by atoms with Crippen LogP contribution in [0.2, 0.25) is 0 Å². The van der Waals surface area contributed by atoms with Gasteiger partial charge in [-0.25, -0.2) is 4.39 Å². The maximum absolute atomic E-state index is 14.3. The molecule has 0 radical (unpaired) electrons. The number of carbonyl (C=O) groups excluding carboxylic acids is 2. The van der Waals surface area contributed by atoms with Crippen molar-refractivity contribution in [3.8, 4) is 5.75 Å². The van der Waals surface area contributed by atoms with Gasteiger partial charge in [0.15, 0.2) is 5.69 Å². The second-order valence-electron chi connectivity index (χ2n) is 9.25. The van der Waals surface area contributed by atoms with Gasteiger partial charge in [0.05, 0.1) is 6.04 Å². The van der Waals surface area contributed by atoms with Crippen molar-refractivity contribution in [1.29, 1.82) is 0 Å². The molecule has 2 atom stereocenters. The third-order valence-corrected chi connectivity index (χ3v) is 7.91. The number of hydrogen-bond donors (Lipinski definition) is 0. The molecule has 0 spiro atoms. The number of nitrogens with zero attached hydrogens (tertiary/aromatic N) is 3. The predicted molar refractivity (Wildman–Crippen MR) is 137 cm³/mol. The van der Waals surface area contributed by atoms with Crippen molar-refractivity contribution in [1.82, 2.24) is 9.58 Å². The molecule has 2 aliphatic heterocycles. The summed E-state index contributed by atoms with van der Waals surface area (Å²) in [6, 6.07) is 9.62. The molecule has 0 fully saturated rings. The highest BCUT2D eigenvalue weighted by molar-refractivity contribution is 7.98. The molecular formula is C27H23F4N3O5S. The summed E-state index contributed by atoms with van der Waals surface area (Å²) in [7, 11) is 0. The van der Waals surface area contributed by atoms with Gasteiger partial charge in [-0.1, -0.05) is 24.3 Å². The van der Waals surface area contributed by atoms with Gasteiger partial charge in [-0.05, 0) is 41.8 Å². The second kappa shape index (κ2) is 10.5. The Kier molecular flexibility index (Phi) is 7.25. The van der Waals surface area contributed by atoms with Gasteiger partial charge in [0, 0.05) is 29.8 Å². The molecule has 210 valence electrons. The van der Waals surface area contributed by atoms with E-state index < -0.39 is 66.3 Å². The number of thioether (sulfide) groups is 1. The lowest BCUT2D eigenvalue weighted by molar-refractivity contribution is -0.173. The summed E-state index contributed by atoms with van der Waals surface area (Å²) in [6.07, 6.45) is -3.50. The molecule has 0 N–H and O–H groups in total. The number of esters is 1. The molecule has 2 aromatic carbocycles. The van der Waals surface area contributed by atoms with Gasteiger partial charge in [0.2, 0.25) is 18.0 Å². The van der Waals surface area contributed by atoms with Crippen molar-refractivity contribution < 1.29 is 36.6 Å². The van der Waals surface area contributed by atoms with Crippen molar-refractivity contribution in [3.05, 3.63) is 93.2 Å². The Bertz CT molecular complexity index is 1540. The highest BCUT2D eigenvalue weighted by atomic mass is 32.2. The molecule has 2 aliphatic rings. The molecule has 0 bridgehead atoms. The average molecular weight is 578 g/mol. The van der Waals surface area contributed by atoms with E-state index in [2.05, 4.69) is 0 Å². The molecule has 3 heterocycles. The Hall–Kier alpha value is -4.00. The Morgan fingerprint density at radius 1 is 1.12 bits per heavy atom. The number of benzene rings is 2. The topological polar surface area (TPSA) is 81.1 Å². The van der Waals surface area contributed by atoms with Crippen molar-refractivity contribution in [2.24, 2.45) is 0 Å². The minimum absolute atomic E-state index is 0.407. The van der Waals surface area contributed by atoms with Gasteiger partial charge in [0.1, 0.15) is 18.5 Å². The first kappa shape index (κ1) is 27.6. The Labute approximate surface area is 230 Å². The fraction of sp³-hybridized carbons (Fsp3) is 0.296. The van der Waals surface area contributed by atoms with E-state index in [1.807, 2.05) is 18.2 Å². The maximum Gasteiger partial charge on any atom is 0.408 e. The van der Waals surface area contributed by atoms with E-state index in [4.69, 9.17) is 9.47 Å². The summed E-state index contributed by atoms with van der Waals surface area (Å²) in [6.45, 7) is 0.721. The zero-order valence-electron chi connectivity index (χ0n) is 21.3. The minimum Gasteiger partial charge on any atom is -0.451 e. The van der Waals surface area contributed by atoms with Crippen LogP contribution < -0.4 is 15.2 Å². The number of carbonyl (C=O) groups is 2. The van der Waals surface area contributed by atoms with Crippen LogP contribution in [0.1, 0.15) is 47.1 Å². The van der Waals surface area contributed by atoms with Crippen LogP contribution in [0.4, 0.5) is 17.6 Å². The summed E-state index contributed by atoms with van der Waals surface area (Å²) in [4.78, 5) is 39.1. The van der Waals surface area contributed by atoms with E-state index in [1.54, 1.807) is 12.1 Å². The fourth-order valence-electron chi connectivity index (χ4n) is 4.78. The Morgan fingerprint density at radius 2 is 1.88 bits per heavy atom. The summed E-state index contributed by atoms with van der Waals surface area (Å²) in [5, 5.41) is 1.51. The number of pyridine rings is 1. The first-order valence-electron chi connectivity index (χ1n) is 12.1. The van der Waals surface area contributed by atoms with E-state index in [1.165, 1.54) is 39.8 Å².